The number of hydrogen-bond donors (Lipinski definition) is 2. The summed E-state index contributed by atoms with van der Waals surface area (Å²) in [5.74, 6) is 5.00. The Morgan fingerprint density at radius 1 is 1.42 bits per heavy atom. The number of rotatable bonds is 5. The van der Waals surface area contributed by atoms with E-state index >= 15 is 0 Å². The first-order valence-electron chi connectivity index (χ1n) is 5.93. The van der Waals surface area contributed by atoms with Crippen molar-refractivity contribution in [1.29, 1.82) is 0 Å². The topological polar surface area (TPSA) is 72.2 Å². The Hall–Kier alpha value is -1.42. The summed E-state index contributed by atoms with van der Waals surface area (Å²) in [7, 11) is -3.35. The first-order valence-corrected chi connectivity index (χ1v) is 7.58. The number of halogens is 1. The van der Waals surface area contributed by atoms with Crippen LogP contribution in [0, 0.1) is 17.7 Å². The predicted molar refractivity (Wildman–Crippen MR) is 73.2 cm³/mol. The molecular formula is C13H17FN2O2S. The summed E-state index contributed by atoms with van der Waals surface area (Å²) in [6.45, 7) is 1.91. The van der Waals surface area contributed by atoms with Crippen LogP contribution in [0.4, 0.5) is 4.39 Å². The Morgan fingerprint density at radius 2 is 2.16 bits per heavy atom. The number of sulfonamides is 1. The summed E-state index contributed by atoms with van der Waals surface area (Å²) < 4.78 is 38.9. The van der Waals surface area contributed by atoms with E-state index in [2.05, 4.69) is 16.6 Å². The number of benzene rings is 1. The van der Waals surface area contributed by atoms with Crippen molar-refractivity contribution in [1.82, 2.24) is 4.72 Å². The molecule has 0 aromatic heterocycles. The molecule has 6 heteroatoms. The maximum atomic E-state index is 13.5. The van der Waals surface area contributed by atoms with Crippen LogP contribution in [0.1, 0.15) is 24.5 Å². The van der Waals surface area contributed by atoms with Gasteiger partial charge >= 0.3 is 0 Å². The second-order valence-electron chi connectivity index (χ2n) is 3.95. The third-order valence-electron chi connectivity index (χ3n) is 2.34. The van der Waals surface area contributed by atoms with E-state index in [1.807, 2.05) is 0 Å². The van der Waals surface area contributed by atoms with Crippen molar-refractivity contribution in [2.24, 2.45) is 5.73 Å². The van der Waals surface area contributed by atoms with E-state index in [0.717, 1.165) is 0 Å². The molecule has 104 valence electrons. The maximum absolute atomic E-state index is 13.5. The molecule has 0 aliphatic rings. The van der Waals surface area contributed by atoms with Gasteiger partial charge in [-0.2, -0.15) is 0 Å². The summed E-state index contributed by atoms with van der Waals surface area (Å²) in [5.41, 5.74) is 6.13. The molecule has 0 atom stereocenters. The van der Waals surface area contributed by atoms with E-state index in [0.29, 0.717) is 12.0 Å². The number of nitrogens with two attached hydrogens (primary N) is 1. The lowest BCUT2D eigenvalue weighted by Crippen LogP contribution is -2.26. The average Bonchev–Trinajstić information content (AvgIpc) is 2.36. The molecule has 0 amide bonds. The van der Waals surface area contributed by atoms with Crippen LogP contribution >= 0.6 is 0 Å². The van der Waals surface area contributed by atoms with E-state index in [9.17, 15) is 12.8 Å². The van der Waals surface area contributed by atoms with Gasteiger partial charge in [-0.25, -0.2) is 17.5 Å². The molecule has 1 aromatic rings. The number of nitrogens with one attached hydrogen (secondary N) is 1. The Bertz CT molecular complexity index is 588. The van der Waals surface area contributed by atoms with E-state index in [4.69, 9.17) is 5.73 Å². The van der Waals surface area contributed by atoms with Gasteiger partial charge in [0.15, 0.2) is 0 Å². The highest BCUT2D eigenvalue weighted by atomic mass is 32.2. The number of hydrogen-bond acceptors (Lipinski definition) is 3. The van der Waals surface area contributed by atoms with Gasteiger partial charge in [0.1, 0.15) is 5.82 Å². The van der Waals surface area contributed by atoms with Gasteiger partial charge in [0.2, 0.25) is 10.0 Å². The van der Waals surface area contributed by atoms with E-state index in [-0.39, 0.29) is 24.4 Å². The largest absolute Gasteiger partial charge is 0.320 e. The fourth-order valence-corrected chi connectivity index (χ4v) is 2.53. The Morgan fingerprint density at radius 3 is 2.79 bits per heavy atom. The van der Waals surface area contributed by atoms with Crippen molar-refractivity contribution in [2.45, 2.75) is 19.9 Å². The summed E-state index contributed by atoms with van der Waals surface area (Å²) >= 11 is 0. The van der Waals surface area contributed by atoms with Crippen LogP contribution in [0.5, 0.6) is 0 Å². The molecule has 0 saturated carbocycles. The van der Waals surface area contributed by atoms with Crippen molar-refractivity contribution in [3.05, 3.63) is 35.1 Å². The van der Waals surface area contributed by atoms with Gasteiger partial charge in [-0.05, 0) is 24.6 Å². The van der Waals surface area contributed by atoms with Crippen molar-refractivity contribution >= 4 is 10.0 Å². The van der Waals surface area contributed by atoms with Crippen molar-refractivity contribution < 1.29 is 12.8 Å². The molecule has 1 rings (SSSR count). The molecule has 0 saturated heterocycles. The van der Waals surface area contributed by atoms with E-state index < -0.39 is 15.8 Å². The SMILES string of the molecule is CCCS(=O)(=O)NCc1cc(C#CCN)ccc1F. The summed E-state index contributed by atoms with van der Waals surface area (Å²) in [6, 6.07) is 4.32. The van der Waals surface area contributed by atoms with Gasteiger partial charge in [-0.1, -0.05) is 18.8 Å². The third kappa shape index (κ3) is 5.39. The van der Waals surface area contributed by atoms with Gasteiger partial charge in [-0.3, -0.25) is 0 Å². The van der Waals surface area contributed by atoms with E-state index in [1.54, 1.807) is 6.92 Å². The fraction of sp³-hybridized carbons (Fsp3) is 0.385. The quantitative estimate of drug-likeness (QED) is 0.791. The van der Waals surface area contributed by atoms with Crippen molar-refractivity contribution in [2.75, 3.05) is 12.3 Å². The standard InChI is InChI=1S/C13H17FN2O2S/c1-2-8-19(17,18)16-10-12-9-11(4-3-7-15)5-6-13(12)14/h5-6,9,16H,2,7-8,10,15H2,1H3. The zero-order valence-electron chi connectivity index (χ0n) is 10.7. The highest BCUT2D eigenvalue weighted by Crippen LogP contribution is 2.10. The minimum Gasteiger partial charge on any atom is -0.320 e. The monoisotopic (exact) mass is 284 g/mol. The Labute approximate surface area is 113 Å². The highest BCUT2D eigenvalue weighted by molar-refractivity contribution is 7.89. The minimum absolute atomic E-state index is 0.0291. The first-order chi connectivity index (χ1) is 8.98. The second kappa shape index (κ2) is 7.24. The summed E-state index contributed by atoms with van der Waals surface area (Å²) in [6.07, 6.45) is 0.514. The van der Waals surface area contributed by atoms with E-state index in [1.165, 1.54) is 18.2 Å². The second-order valence-corrected chi connectivity index (χ2v) is 5.88. The lowest BCUT2D eigenvalue weighted by molar-refractivity contribution is 0.573. The normalized spacial score (nSPS) is 10.9. The highest BCUT2D eigenvalue weighted by Gasteiger charge is 2.10. The Balaban J connectivity index is 2.83. The maximum Gasteiger partial charge on any atom is 0.211 e. The lowest BCUT2D eigenvalue weighted by Gasteiger charge is -2.07. The zero-order valence-corrected chi connectivity index (χ0v) is 11.6. The molecule has 0 radical (unpaired) electrons. The van der Waals surface area contributed by atoms with Crippen LogP contribution in [0.15, 0.2) is 18.2 Å². The predicted octanol–water partition coefficient (Wildman–Crippen LogP) is 0.965. The Kier molecular flexibility index (Phi) is 5.96. The summed E-state index contributed by atoms with van der Waals surface area (Å²) in [5, 5.41) is 0. The van der Waals surface area contributed by atoms with Crippen LogP contribution in [0.2, 0.25) is 0 Å². The molecule has 0 heterocycles. The van der Waals surface area contributed by atoms with Crippen LogP contribution in [0.25, 0.3) is 0 Å². The van der Waals surface area contributed by atoms with Crippen LogP contribution in [0.3, 0.4) is 0 Å². The van der Waals surface area contributed by atoms with Gasteiger partial charge in [0.25, 0.3) is 0 Å². The molecule has 0 aliphatic heterocycles. The molecule has 0 fully saturated rings. The molecular weight excluding hydrogens is 267 g/mol. The minimum atomic E-state index is -3.35. The van der Waals surface area contributed by atoms with Gasteiger partial charge < -0.3 is 5.73 Å². The fourth-order valence-electron chi connectivity index (χ4n) is 1.47. The smallest absolute Gasteiger partial charge is 0.211 e. The molecule has 0 spiro atoms. The summed E-state index contributed by atoms with van der Waals surface area (Å²) in [4.78, 5) is 0. The molecule has 0 aliphatic carbocycles. The zero-order chi connectivity index (χ0) is 14.3. The molecule has 3 N–H and O–H groups in total. The average molecular weight is 284 g/mol. The first kappa shape index (κ1) is 15.6. The molecule has 19 heavy (non-hydrogen) atoms. The van der Waals surface area contributed by atoms with Crippen LogP contribution < -0.4 is 10.5 Å². The lowest BCUT2D eigenvalue weighted by atomic mass is 10.1. The van der Waals surface area contributed by atoms with Crippen molar-refractivity contribution in [3.8, 4) is 11.8 Å². The molecule has 0 bridgehead atoms. The van der Waals surface area contributed by atoms with Crippen molar-refractivity contribution in [3.63, 3.8) is 0 Å². The molecule has 4 nitrogen and oxygen atoms in total. The molecule has 1 aromatic carbocycles. The molecule has 0 unspecified atom stereocenters. The van der Waals surface area contributed by atoms with Gasteiger partial charge in [-0.15, -0.1) is 0 Å². The van der Waals surface area contributed by atoms with Gasteiger partial charge in [0, 0.05) is 17.7 Å². The third-order valence-corrected chi connectivity index (χ3v) is 3.87. The van der Waals surface area contributed by atoms with Crippen LogP contribution in [-0.2, 0) is 16.6 Å². The van der Waals surface area contributed by atoms with Gasteiger partial charge in [0.05, 0.1) is 12.3 Å². The van der Waals surface area contributed by atoms with Crippen LogP contribution in [-0.4, -0.2) is 20.7 Å².